The summed E-state index contributed by atoms with van der Waals surface area (Å²) in [6, 6.07) is 9.04. The number of unbranched alkanes of at least 4 members (excludes halogenated alkanes) is 3. The number of hydrogen-bond acceptors (Lipinski definition) is 0. The van der Waals surface area contributed by atoms with Crippen LogP contribution in [0.5, 0.6) is 0 Å². The average Bonchev–Trinajstić information content (AvgIpc) is 2.78. The van der Waals surface area contributed by atoms with Crippen LogP contribution in [0.3, 0.4) is 0 Å². The Hall–Kier alpha value is -1.22. The van der Waals surface area contributed by atoms with E-state index in [1.54, 1.807) is 0 Å². The van der Waals surface area contributed by atoms with Crippen molar-refractivity contribution in [2.24, 2.45) is 23.7 Å². The van der Waals surface area contributed by atoms with Crippen LogP contribution in [-0.2, 0) is 6.42 Å². The largest absolute Gasteiger partial charge is 0.0945 e. The van der Waals surface area contributed by atoms with Crippen molar-refractivity contribution in [1.29, 1.82) is 0 Å². The molecule has 0 nitrogen and oxygen atoms in total. The highest BCUT2D eigenvalue weighted by molar-refractivity contribution is 5.36. The Bertz CT molecular complexity index is 612. The van der Waals surface area contributed by atoms with Crippen LogP contribution in [0.25, 0.3) is 0 Å². The highest BCUT2D eigenvalue weighted by atomic mass is 14.3. The van der Waals surface area contributed by atoms with E-state index in [9.17, 15) is 0 Å². The Morgan fingerprint density at radius 1 is 0.724 bits per heavy atom. The van der Waals surface area contributed by atoms with Crippen molar-refractivity contribution < 1.29 is 0 Å². The molecule has 2 saturated carbocycles. The van der Waals surface area contributed by atoms with Crippen LogP contribution in [0, 0.1) is 35.5 Å². The van der Waals surface area contributed by atoms with Crippen LogP contribution in [0.4, 0.5) is 0 Å². The van der Waals surface area contributed by atoms with E-state index in [-0.39, 0.29) is 0 Å². The third-order valence-corrected chi connectivity index (χ3v) is 7.74. The minimum atomic E-state index is 0.636. The van der Waals surface area contributed by atoms with Crippen LogP contribution in [-0.4, -0.2) is 0 Å². The lowest BCUT2D eigenvalue weighted by Gasteiger charge is -2.37. The lowest BCUT2D eigenvalue weighted by Crippen LogP contribution is -2.25. The second-order valence-corrected chi connectivity index (χ2v) is 9.96. The van der Waals surface area contributed by atoms with Gasteiger partial charge in [-0.3, -0.25) is 0 Å². The molecule has 0 aliphatic heterocycles. The van der Waals surface area contributed by atoms with Gasteiger partial charge in [-0.1, -0.05) is 82.8 Å². The monoisotopic (exact) mass is 392 g/mol. The van der Waals surface area contributed by atoms with E-state index in [0.29, 0.717) is 5.92 Å². The minimum Gasteiger partial charge on any atom is -0.0945 e. The van der Waals surface area contributed by atoms with Gasteiger partial charge in [-0.2, -0.15) is 0 Å². The first-order valence-electron chi connectivity index (χ1n) is 12.9. The predicted molar refractivity (Wildman–Crippen MR) is 127 cm³/mol. The number of benzene rings is 1. The van der Waals surface area contributed by atoms with Gasteiger partial charge in [-0.15, -0.1) is 0 Å². The summed E-state index contributed by atoms with van der Waals surface area (Å²) in [6.45, 7) is 4.60. The summed E-state index contributed by atoms with van der Waals surface area (Å²) >= 11 is 0. The van der Waals surface area contributed by atoms with Gasteiger partial charge in [-0.25, -0.2) is 0 Å². The second-order valence-electron chi connectivity index (χ2n) is 9.96. The highest BCUT2D eigenvalue weighted by Crippen LogP contribution is 2.42. The maximum Gasteiger partial charge on any atom is 0.0245 e. The van der Waals surface area contributed by atoms with Crippen LogP contribution in [0.2, 0.25) is 0 Å². The van der Waals surface area contributed by atoms with Crippen molar-refractivity contribution in [1.82, 2.24) is 0 Å². The Labute approximate surface area is 181 Å². The van der Waals surface area contributed by atoms with Gasteiger partial charge in [-0.05, 0) is 86.8 Å². The van der Waals surface area contributed by atoms with Crippen molar-refractivity contribution in [2.45, 2.75) is 110 Å². The molecule has 0 radical (unpaired) electrons. The fourth-order valence-electron chi connectivity index (χ4n) is 5.70. The van der Waals surface area contributed by atoms with Gasteiger partial charge in [0.15, 0.2) is 0 Å². The van der Waals surface area contributed by atoms with Gasteiger partial charge in [0.05, 0.1) is 0 Å². The van der Waals surface area contributed by atoms with E-state index in [0.717, 1.165) is 17.8 Å². The topological polar surface area (TPSA) is 0 Å². The summed E-state index contributed by atoms with van der Waals surface area (Å²) in [5.74, 6) is 10.8. The number of hydrogen-bond donors (Lipinski definition) is 0. The normalized spacial score (nSPS) is 27.2. The number of rotatable bonds is 8. The van der Waals surface area contributed by atoms with Crippen LogP contribution in [0.1, 0.15) is 115 Å². The summed E-state index contributed by atoms with van der Waals surface area (Å²) in [7, 11) is 0. The van der Waals surface area contributed by atoms with E-state index in [4.69, 9.17) is 0 Å². The van der Waals surface area contributed by atoms with Gasteiger partial charge in [0.25, 0.3) is 0 Å². The SMILES string of the molecule is CCCCCc1ccc(C#C[C@H]2CC[C@H]([C@H]3CC[C@H](CCCC)CC3)CC2)cc1. The molecule has 0 bridgehead atoms. The Balaban J connectivity index is 1.38. The molecule has 160 valence electrons. The molecule has 0 heterocycles. The maximum atomic E-state index is 3.61. The van der Waals surface area contributed by atoms with Crippen molar-refractivity contribution in [2.75, 3.05) is 0 Å². The van der Waals surface area contributed by atoms with Crippen LogP contribution < -0.4 is 0 Å². The summed E-state index contributed by atoms with van der Waals surface area (Å²) < 4.78 is 0. The van der Waals surface area contributed by atoms with Crippen molar-refractivity contribution in [3.8, 4) is 11.8 Å². The number of aryl methyl sites for hydroxylation is 1. The van der Waals surface area contributed by atoms with E-state index < -0.39 is 0 Å². The zero-order valence-electron chi connectivity index (χ0n) is 19.2. The standard InChI is InChI=1S/C29H44/c1-3-5-7-9-25-10-12-26(13-11-25)14-15-27-18-22-29(23-19-27)28-20-16-24(17-21-28)8-6-4-2/h10-13,24,27-29H,3-9,16-23H2,1-2H3/t24-,27-,28-,29-. The molecule has 0 heteroatoms. The fourth-order valence-corrected chi connectivity index (χ4v) is 5.70. The lowest BCUT2D eigenvalue weighted by atomic mass is 9.69. The Kier molecular flexibility index (Phi) is 9.66. The molecule has 2 aliphatic carbocycles. The minimum absolute atomic E-state index is 0.636. The smallest absolute Gasteiger partial charge is 0.0245 e. The van der Waals surface area contributed by atoms with Gasteiger partial charge in [0.2, 0.25) is 0 Å². The molecular formula is C29H44. The molecule has 3 rings (SSSR count). The molecule has 0 unspecified atom stereocenters. The molecule has 0 amide bonds. The van der Waals surface area contributed by atoms with Gasteiger partial charge in [0.1, 0.15) is 0 Å². The lowest BCUT2D eigenvalue weighted by molar-refractivity contribution is 0.153. The van der Waals surface area contributed by atoms with Gasteiger partial charge < -0.3 is 0 Å². The molecular weight excluding hydrogens is 348 g/mol. The molecule has 1 aromatic carbocycles. The second kappa shape index (κ2) is 12.5. The summed E-state index contributed by atoms with van der Waals surface area (Å²) in [5, 5.41) is 0. The molecule has 0 N–H and O–H groups in total. The van der Waals surface area contributed by atoms with Gasteiger partial charge in [0, 0.05) is 11.5 Å². The zero-order valence-corrected chi connectivity index (χ0v) is 19.2. The first kappa shape index (κ1) is 22.5. The van der Waals surface area contributed by atoms with Crippen molar-refractivity contribution in [3.63, 3.8) is 0 Å². The molecule has 2 aliphatic rings. The Morgan fingerprint density at radius 3 is 1.97 bits per heavy atom. The van der Waals surface area contributed by atoms with E-state index in [1.165, 1.54) is 107 Å². The molecule has 1 aromatic rings. The summed E-state index contributed by atoms with van der Waals surface area (Å²) in [6.07, 6.45) is 21.1. The average molecular weight is 393 g/mol. The summed E-state index contributed by atoms with van der Waals surface area (Å²) in [5.41, 5.74) is 2.67. The molecule has 0 aromatic heterocycles. The van der Waals surface area contributed by atoms with Crippen LogP contribution >= 0.6 is 0 Å². The van der Waals surface area contributed by atoms with Crippen molar-refractivity contribution >= 4 is 0 Å². The van der Waals surface area contributed by atoms with E-state index in [1.807, 2.05) is 0 Å². The maximum absolute atomic E-state index is 3.61. The zero-order chi connectivity index (χ0) is 20.3. The highest BCUT2D eigenvalue weighted by Gasteiger charge is 2.30. The molecule has 29 heavy (non-hydrogen) atoms. The molecule has 2 fully saturated rings. The first-order valence-corrected chi connectivity index (χ1v) is 12.9. The first-order chi connectivity index (χ1) is 14.3. The fraction of sp³-hybridized carbons (Fsp3) is 0.724. The molecule has 0 spiro atoms. The predicted octanol–water partition coefficient (Wildman–Crippen LogP) is 8.57. The van der Waals surface area contributed by atoms with Gasteiger partial charge >= 0.3 is 0 Å². The van der Waals surface area contributed by atoms with E-state index >= 15 is 0 Å². The quantitative estimate of drug-likeness (QED) is 0.307. The third-order valence-electron chi connectivity index (χ3n) is 7.74. The summed E-state index contributed by atoms with van der Waals surface area (Å²) in [4.78, 5) is 0. The van der Waals surface area contributed by atoms with E-state index in [2.05, 4.69) is 50.0 Å². The third kappa shape index (κ3) is 7.51. The molecule has 0 saturated heterocycles. The molecule has 0 atom stereocenters. The van der Waals surface area contributed by atoms with Crippen molar-refractivity contribution in [3.05, 3.63) is 35.4 Å². The van der Waals surface area contributed by atoms with Crippen LogP contribution in [0.15, 0.2) is 24.3 Å². The Morgan fingerprint density at radius 2 is 1.34 bits per heavy atom.